The second-order valence-corrected chi connectivity index (χ2v) is 5.29. The van der Waals surface area contributed by atoms with Crippen molar-refractivity contribution < 1.29 is 18.0 Å². The highest BCUT2D eigenvalue weighted by atomic mass is 35.5. The number of hydrogen-bond acceptors (Lipinski definition) is 4. The minimum Gasteiger partial charge on any atom is -0.322 e. The fourth-order valence-corrected chi connectivity index (χ4v) is 2.65. The summed E-state index contributed by atoms with van der Waals surface area (Å²) in [4.78, 5) is 11.6. The Morgan fingerprint density at radius 1 is 1.24 bits per heavy atom. The molecule has 1 aromatic rings. The number of nitrogens with zero attached hydrogens (tertiary/aromatic N) is 2. The van der Waals surface area contributed by atoms with Crippen molar-refractivity contribution in [3.63, 3.8) is 0 Å². The summed E-state index contributed by atoms with van der Waals surface area (Å²) < 4.78 is 43.8. The highest BCUT2D eigenvalue weighted by Gasteiger charge is 2.27. The lowest BCUT2D eigenvalue weighted by Crippen LogP contribution is -2.35. The summed E-state index contributed by atoms with van der Waals surface area (Å²) in [6.45, 7) is -1.78. The molecule has 0 saturated carbocycles. The molecule has 0 saturated heterocycles. The van der Waals surface area contributed by atoms with Crippen LogP contribution >= 0.6 is 23.2 Å². The standard InChI is InChI=1S/C10H7Cl2F3N4OS/c11-4-1-5(12)8-9(19-21-18-8)7(4)17-6(20)2-16-3-10(13,14)15/h1,16H,2-3H2,(H,17,20). The first-order valence-electron chi connectivity index (χ1n) is 5.45. The van der Waals surface area contributed by atoms with Gasteiger partial charge in [-0.15, -0.1) is 0 Å². The van der Waals surface area contributed by atoms with E-state index in [-0.39, 0.29) is 15.7 Å². The maximum absolute atomic E-state index is 12.0. The van der Waals surface area contributed by atoms with E-state index >= 15 is 0 Å². The number of fused-ring (bicyclic) bond motifs is 1. The summed E-state index contributed by atoms with van der Waals surface area (Å²) >= 11 is 12.7. The molecule has 0 bridgehead atoms. The average molecular weight is 359 g/mol. The number of alkyl halides is 3. The number of nitrogens with one attached hydrogen (secondary N) is 2. The summed E-state index contributed by atoms with van der Waals surface area (Å²) in [5.74, 6) is -0.683. The normalized spacial score (nSPS) is 13.0. The molecule has 2 rings (SSSR count). The zero-order valence-corrected chi connectivity index (χ0v) is 12.4. The smallest absolute Gasteiger partial charge is 0.322 e. The SMILES string of the molecule is O=C(CNCC(F)(F)F)Nc1c(Cl)cc(Cl)c2c1N=S=N2. The first-order valence-corrected chi connectivity index (χ1v) is 6.94. The van der Waals surface area contributed by atoms with Crippen molar-refractivity contribution in [2.75, 3.05) is 18.4 Å². The topological polar surface area (TPSA) is 65.8 Å². The Kier molecular flexibility index (Phi) is 4.87. The van der Waals surface area contributed by atoms with Gasteiger partial charge in [-0.3, -0.25) is 4.79 Å². The summed E-state index contributed by atoms with van der Waals surface area (Å²) in [6.07, 6.45) is -4.38. The van der Waals surface area contributed by atoms with Crippen molar-refractivity contribution in [2.45, 2.75) is 6.18 Å². The van der Waals surface area contributed by atoms with Crippen LogP contribution < -0.4 is 10.6 Å². The average Bonchev–Trinajstić information content (AvgIpc) is 2.82. The van der Waals surface area contributed by atoms with Crippen LogP contribution in [0.3, 0.4) is 0 Å². The van der Waals surface area contributed by atoms with Crippen LogP contribution in [-0.4, -0.2) is 25.2 Å². The lowest BCUT2D eigenvalue weighted by atomic mass is 10.2. The van der Waals surface area contributed by atoms with Crippen LogP contribution in [0, 0.1) is 0 Å². The molecular formula is C10H7Cl2F3N4OS. The van der Waals surface area contributed by atoms with E-state index in [4.69, 9.17) is 23.2 Å². The molecule has 2 N–H and O–H groups in total. The Bertz CT molecular complexity index is 659. The largest absolute Gasteiger partial charge is 0.401 e. The number of benzene rings is 1. The van der Waals surface area contributed by atoms with Crippen LogP contribution in [-0.2, 0) is 16.1 Å². The van der Waals surface area contributed by atoms with E-state index in [0.29, 0.717) is 11.4 Å². The molecule has 1 aliphatic heterocycles. The Morgan fingerprint density at radius 3 is 2.57 bits per heavy atom. The molecule has 0 spiro atoms. The van der Waals surface area contributed by atoms with E-state index in [0.717, 1.165) is 11.4 Å². The quantitative estimate of drug-likeness (QED) is 0.872. The van der Waals surface area contributed by atoms with E-state index in [1.54, 1.807) is 0 Å². The summed E-state index contributed by atoms with van der Waals surface area (Å²) in [5.41, 5.74) is 0.829. The second-order valence-electron chi connectivity index (χ2n) is 3.94. The van der Waals surface area contributed by atoms with Crippen LogP contribution in [0.15, 0.2) is 14.8 Å². The van der Waals surface area contributed by atoms with E-state index in [2.05, 4.69) is 14.0 Å². The van der Waals surface area contributed by atoms with E-state index in [9.17, 15) is 18.0 Å². The van der Waals surface area contributed by atoms with Gasteiger partial charge in [0, 0.05) is 0 Å². The maximum atomic E-state index is 12.0. The minimum absolute atomic E-state index is 0.129. The summed E-state index contributed by atoms with van der Waals surface area (Å²) in [7, 11) is 0. The van der Waals surface area contributed by atoms with Crippen molar-refractivity contribution in [2.24, 2.45) is 8.73 Å². The molecule has 0 aromatic heterocycles. The van der Waals surface area contributed by atoms with Crippen molar-refractivity contribution in [3.8, 4) is 0 Å². The molecule has 0 aliphatic carbocycles. The van der Waals surface area contributed by atoms with E-state index < -0.39 is 25.2 Å². The number of carbonyl (C=O) groups excluding carboxylic acids is 1. The number of anilines is 1. The van der Waals surface area contributed by atoms with Gasteiger partial charge < -0.3 is 10.6 Å². The first-order chi connectivity index (χ1) is 9.78. The van der Waals surface area contributed by atoms with Crippen molar-refractivity contribution >= 4 is 57.5 Å². The molecule has 1 amide bonds. The molecule has 0 atom stereocenters. The minimum atomic E-state index is -4.38. The lowest BCUT2D eigenvalue weighted by molar-refractivity contribution is -0.126. The Balaban J connectivity index is 2.06. The molecule has 114 valence electrons. The third-order valence-corrected chi connectivity index (χ3v) is 3.43. The monoisotopic (exact) mass is 358 g/mol. The highest BCUT2D eigenvalue weighted by Crippen LogP contribution is 2.47. The number of amides is 1. The molecular weight excluding hydrogens is 352 g/mol. The molecule has 0 radical (unpaired) electrons. The molecule has 21 heavy (non-hydrogen) atoms. The fourth-order valence-electron chi connectivity index (χ4n) is 1.49. The van der Waals surface area contributed by atoms with E-state index in [1.807, 2.05) is 5.32 Å². The van der Waals surface area contributed by atoms with Gasteiger partial charge >= 0.3 is 6.18 Å². The molecule has 1 heterocycles. The predicted molar refractivity (Wildman–Crippen MR) is 75.6 cm³/mol. The fraction of sp³-hybridized carbons (Fsp3) is 0.300. The summed E-state index contributed by atoms with van der Waals surface area (Å²) in [6, 6.07) is 1.38. The molecule has 1 aliphatic rings. The van der Waals surface area contributed by atoms with Crippen LogP contribution in [0.1, 0.15) is 0 Å². The van der Waals surface area contributed by atoms with Crippen molar-refractivity contribution in [1.29, 1.82) is 0 Å². The molecule has 0 fully saturated rings. The van der Waals surface area contributed by atoms with Gasteiger partial charge in [-0.05, 0) is 6.07 Å². The van der Waals surface area contributed by atoms with Gasteiger partial charge in [0.15, 0.2) is 0 Å². The molecule has 5 nitrogen and oxygen atoms in total. The third-order valence-electron chi connectivity index (χ3n) is 2.32. The number of halogens is 5. The highest BCUT2D eigenvalue weighted by molar-refractivity contribution is 7.58. The number of hydrogen-bond donors (Lipinski definition) is 2. The predicted octanol–water partition coefficient (Wildman–Crippen LogP) is 3.81. The van der Waals surface area contributed by atoms with Gasteiger partial charge in [-0.1, -0.05) is 23.2 Å². The van der Waals surface area contributed by atoms with Crippen LogP contribution in [0.25, 0.3) is 0 Å². The van der Waals surface area contributed by atoms with Gasteiger partial charge in [0.05, 0.1) is 40.2 Å². The zero-order valence-electron chi connectivity index (χ0n) is 10.1. The second kappa shape index (κ2) is 6.30. The maximum Gasteiger partial charge on any atom is 0.401 e. The van der Waals surface area contributed by atoms with Gasteiger partial charge in [0.2, 0.25) is 5.91 Å². The zero-order chi connectivity index (χ0) is 15.6. The Hall–Kier alpha value is -1.16. The van der Waals surface area contributed by atoms with Gasteiger partial charge in [0.1, 0.15) is 11.4 Å². The van der Waals surface area contributed by atoms with Crippen LogP contribution in [0.4, 0.5) is 30.2 Å². The number of rotatable bonds is 4. The Morgan fingerprint density at radius 2 is 1.90 bits per heavy atom. The number of carbonyl (C=O) groups is 1. The summed E-state index contributed by atoms with van der Waals surface area (Å²) in [5, 5.41) is 4.78. The van der Waals surface area contributed by atoms with Gasteiger partial charge in [-0.25, -0.2) is 0 Å². The van der Waals surface area contributed by atoms with Crippen LogP contribution in [0.5, 0.6) is 0 Å². The van der Waals surface area contributed by atoms with Crippen molar-refractivity contribution in [1.82, 2.24) is 5.32 Å². The van der Waals surface area contributed by atoms with Crippen LogP contribution in [0.2, 0.25) is 10.0 Å². The van der Waals surface area contributed by atoms with E-state index in [1.165, 1.54) is 6.07 Å². The Labute approximate surface area is 130 Å². The third kappa shape index (κ3) is 4.16. The lowest BCUT2D eigenvalue weighted by Gasteiger charge is -2.12. The van der Waals surface area contributed by atoms with Gasteiger partial charge in [-0.2, -0.15) is 21.9 Å². The molecule has 11 heteroatoms. The molecule has 0 unspecified atom stereocenters. The molecule has 1 aromatic carbocycles. The van der Waals surface area contributed by atoms with Crippen molar-refractivity contribution in [3.05, 3.63) is 16.1 Å². The van der Waals surface area contributed by atoms with Gasteiger partial charge in [0.25, 0.3) is 0 Å². The first kappa shape index (κ1) is 16.2.